The van der Waals surface area contributed by atoms with Gasteiger partial charge in [0.25, 0.3) is 0 Å². The van der Waals surface area contributed by atoms with Crippen molar-refractivity contribution in [1.82, 2.24) is 29.9 Å². The molecule has 0 aliphatic heterocycles. The minimum Gasteiger partial charge on any atom is -0.350 e. The molecular formula is C20H23F3N6O. The van der Waals surface area contributed by atoms with E-state index in [1.807, 2.05) is 20.9 Å². The van der Waals surface area contributed by atoms with Gasteiger partial charge in [-0.05, 0) is 39.7 Å². The maximum Gasteiger partial charge on any atom is 0.417 e. The largest absolute Gasteiger partial charge is 0.417 e. The third-order valence-electron chi connectivity index (χ3n) is 5.61. The minimum absolute atomic E-state index is 0.0429. The van der Waals surface area contributed by atoms with Gasteiger partial charge in [-0.25, -0.2) is 9.67 Å². The third-order valence-corrected chi connectivity index (χ3v) is 5.61. The first-order chi connectivity index (χ1) is 14.1. The summed E-state index contributed by atoms with van der Waals surface area (Å²) < 4.78 is 44.0. The van der Waals surface area contributed by atoms with Crippen LogP contribution in [-0.4, -0.2) is 30.5 Å². The first-order valence-corrected chi connectivity index (χ1v) is 9.77. The van der Waals surface area contributed by atoms with Gasteiger partial charge in [-0.2, -0.15) is 23.4 Å². The van der Waals surface area contributed by atoms with Crippen molar-refractivity contribution in [2.24, 2.45) is 7.05 Å². The predicted octanol–water partition coefficient (Wildman–Crippen LogP) is 3.30. The van der Waals surface area contributed by atoms with E-state index in [1.165, 1.54) is 11.6 Å². The summed E-state index contributed by atoms with van der Waals surface area (Å²) in [7, 11) is 1.83. The highest BCUT2D eigenvalue weighted by Crippen LogP contribution is 2.43. The first kappa shape index (κ1) is 20.4. The molecule has 7 nitrogen and oxygen atoms in total. The van der Waals surface area contributed by atoms with E-state index in [0.717, 1.165) is 35.9 Å². The van der Waals surface area contributed by atoms with Crippen molar-refractivity contribution in [3.63, 3.8) is 0 Å². The van der Waals surface area contributed by atoms with E-state index in [1.54, 1.807) is 4.68 Å². The predicted molar refractivity (Wildman–Crippen MR) is 104 cm³/mol. The topological polar surface area (TPSA) is 77.6 Å². The van der Waals surface area contributed by atoms with Crippen molar-refractivity contribution in [1.29, 1.82) is 0 Å². The number of halogens is 3. The molecule has 3 heterocycles. The summed E-state index contributed by atoms with van der Waals surface area (Å²) in [6.45, 7) is 5.36. The molecule has 30 heavy (non-hydrogen) atoms. The number of carbonyl (C=O) groups is 1. The number of hydrogen-bond acceptors (Lipinski definition) is 4. The van der Waals surface area contributed by atoms with E-state index < -0.39 is 11.7 Å². The Morgan fingerprint density at radius 1 is 1.20 bits per heavy atom. The van der Waals surface area contributed by atoms with Crippen molar-refractivity contribution in [2.75, 3.05) is 0 Å². The summed E-state index contributed by atoms with van der Waals surface area (Å²) in [5.74, 6) is -0.307. The summed E-state index contributed by atoms with van der Waals surface area (Å²) in [5.41, 5.74) is 2.67. The molecule has 1 N–H and O–H groups in total. The molecule has 0 atom stereocenters. The maximum absolute atomic E-state index is 13.7. The molecule has 1 aliphatic rings. The molecule has 0 saturated heterocycles. The van der Waals surface area contributed by atoms with Gasteiger partial charge in [0.15, 0.2) is 5.65 Å². The van der Waals surface area contributed by atoms with Crippen LogP contribution in [0.2, 0.25) is 0 Å². The number of aryl methyl sites for hydroxylation is 3. The quantitative estimate of drug-likeness (QED) is 0.687. The average molecular weight is 420 g/mol. The van der Waals surface area contributed by atoms with Gasteiger partial charge in [0, 0.05) is 36.5 Å². The summed E-state index contributed by atoms with van der Waals surface area (Å²) in [4.78, 5) is 17.0. The zero-order valence-corrected chi connectivity index (χ0v) is 17.3. The van der Waals surface area contributed by atoms with E-state index in [-0.39, 0.29) is 41.6 Å². The molecule has 3 aromatic rings. The number of amides is 1. The van der Waals surface area contributed by atoms with Gasteiger partial charge in [-0.15, -0.1) is 0 Å². The highest BCUT2D eigenvalue weighted by molar-refractivity contribution is 5.85. The van der Waals surface area contributed by atoms with Crippen molar-refractivity contribution < 1.29 is 18.0 Å². The first-order valence-electron chi connectivity index (χ1n) is 9.77. The Morgan fingerprint density at radius 3 is 2.47 bits per heavy atom. The molecule has 4 rings (SSSR count). The monoisotopic (exact) mass is 420 g/mol. The van der Waals surface area contributed by atoms with Crippen LogP contribution in [0.3, 0.4) is 0 Å². The summed E-state index contributed by atoms with van der Waals surface area (Å²) in [6.07, 6.45) is -2.86. The molecule has 0 bridgehead atoms. The smallest absolute Gasteiger partial charge is 0.350 e. The number of pyridine rings is 1. The second kappa shape index (κ2) is 7.10. The van der Waals surface area contributed by atoms with Crippen LogP contribution in [0.25, 0.3) is 11.0 Å². The molecule has 160 valence electrons. The van der Waals surface area contributed by atoms with Gasteiger partial charge in [0.05, 0.1) is 22.3 Å². The second-order valence-electron chi connectivity index (χ2n) is 7.86. The number of alkyl halides is 3. The molecular weight excluding hydrogens is 397 g/mol. The van der Waals surface area contributed by atoms with Gasteiger partial charge >= 0.3 is 6.18 Å². The molecule has 0 unspecified atom stereocenters. The van der Waals surface area contributed by atoms with Crippen molar-refractivity contribution >= 4 is 16.9 Å². The molecule has 0 aromatic carbocycles. The Hall–Kier alpha value is -2.91. The molecule has 3 aromatic heterocycles. The molecule has 1 amide bonds. The lowest BCUT2D eigenvalue weighted by molar-refractivity contribution is -0.136. The van der Waals surface area contributed by atoms with Gasteiger partial charge < -0.3 is 5.32 Å². The van der Waals surface area contributed by atoms with E-state index in [2.05, 4.69) is 20.5 Å². The van der Waals surface area contributed by atoms with Crippen LogP contribution in [0.4, 0.5) is 13.2 Å². The van der Waals surface area contributed by atoms with E-state index in [0.29, 0.717) is 5.69 Å². The number of rotatable bonds is 5. The second-order valence-corrected chi connectivity index (χ2v) is 7.86. The van der Waals surface area contributed by atoms with Crippen LogP contribution in [0.1, 0.15) is 52.7 Å². The standard InChI is InChI=1S/C20H23F3N6O/c1-10-14(12(3)28(4)26-10)8-24-17(30)9-29-19-18(11(2)27-29)15(20(21,22)23)7-16(25-19)13-5-6-13/h7,13H,5-6,8-9H2,1-4H3,(H,24,30). The normalized spacial score (nSPS) is 14.5. The lowest BCUT2D eigenvalue weighted by atomic mass is 10.1. The Kier molecular flexibility index (Phi) is 4.82. The number of fused-ring (bicyclic) bond motifs is 1. The van der Waals surface area contributed by atoms with Gasteiger partial charge in [-0.1, -0.05) is 0 Å². The fourth-order valence-corrected chi connectivity index (χ4v) is 3.75. The lowest BCUT2D eigenvalue weighted by Gasteiger charge is -2.11. The minimum atomic E-state index is -4.51. The van der Waals surface area contributed by atoms with E-state index >= 15 is 0 Å². The molecule has 0 radical (unpaired) electrons. The van der Waals surface area contributed by atoms with Crippen molar-refractivity contribution in [3.8, 4) is 0 Å². The molecule has 1 fully saturated rings. The molecule has 1 saturated carbocycles. The van der Waals surface area contributed by atoms with Crippen molar-refractivity contribution in [2.45, 2.75) is 58.8 Å². The van der Waals surface area contributed by atoms with Crippen LogP contribution >= 0.6 is 0 Å². The van der Waals surface area contributed by atoms with Crippen molar-refractivity contribution in [3.05, 3.63) is 40.0 Å². The molecule has 0 spiro atoms. The number of hydrogen-bond donors (Lipinski definition) is 1. The molecule has 10 heteroatoms. The Bertz CT molecular complexity index is 1140. The summed E-state index contributed by atoms with van der Waals surface area (Å²) in [5, 5.41) is 11.3. The fraction of sp³-hybridized carbons (Fsp3) is 0.500. The molecule has 1 aliphatic carbocycles. The van der Waals surface area contributed by atoms with E-state index in [4.69, 9.17) is 0 Å². The Balaban J connectivity index is 1.62. The zero-order valence-electron chi connectivity index (χ0n) is 17.3. The number of nitrogens with one attached hydrogen (secondary N) is 1. The summed E-state index contributed by atoms with van der Waals surface area (Å²) >= 11 is 0. The summed E-state index contributed by atoms with van der Waals surface area (Å²) in [6, 6.07) is 1.13. The van der Waals surface area contributed by atoms with Crippen LogP contribution in [-0.2, 0) is 31.1 Å². The lowest BCUT2D eigenvalue weighted by Crippen LogP contribution is -2.28. The maximum atomic E-state index is 13.7. The highest BCUT2D eigenvalue weighted by Gasteiger charge is 2.37. The number of nitrogens with zero attached hydrogens (tertiary/aromatic N) is 5. The van der Waals surface area contributed by atoms with Crippen LogP contribution in [0.15, 0.2) is 6.07 Å². The third kappa shape index (κ3) is 3.66. The Labute approximate surface area is 171 Å². The number of carbonyl (C=O) groups excluding carboxylic acids is 1. The zero-order chi connectivity index (χ0) is 21.8. The Morgan fingerprint density at radius 2 is 1.90 bits per heavy atom. The van der Waals surface area contributed by atoms with Gasteiger partial charge in [0.1, 0.15) is 6.54 Å². The van der Waals surface area contributed by atoms with E-state index in [9.17, 15) is 18.0 Å². The van der Waals surface area contributed by atoms with Gasteiger partial charge in [0.2, 0.25) is 5.91 Å². The van der Waals surface area contributed by atoms with Gasteiger partial charge in [-0.3, -0.25) is 9.48 Å². The van der Waals surface area contributed by atoms with Crippen LogP contribution in [0, 0.1) is 20.8 Å². The highest BCUT2D eigenvalue weighted by atomic mass is 19.4. The van der Waals surface area contributed by atoms with Crippen LogP contribution < -0.4 is 5.32 Å². The number of aromatic nitrogens is 5. The SMILES string of the molecule is Cc1nn(C)c(C)c1CNC(=O)Cn1nc(C)c2c(C(F)(F)F)cc(C3CC3)nc21. The fourth-order valence-electron chi connectivity index (χ4n) is 3.75. The average Bonchev–Trinajstić information content (AvgIpc) is 3.41. The van der Waals surface area contributed by atoms with Crippen LogP contribution in [0.5, 0.6) is 0 Å².